The second-order valence-corrected chi connectivity index (χ2v) is 10.4. The molecule has 4 heteroatoms. The first-order valence-corrected chi connectivity index (χ1v) is 13.5. The standard InChI is InChI=1S/C35H27FN2O/c36-32-10-4-3-9-30(32)35(39)38-33-11-5-7-25-14-17-26(37-34(25)33)20-22-12-13-24-16-18-28-27-8-2-1-6-23(27)15-19-29(28)31(24)21-22/h1-4,6,8-10,12-19,21,33H,5,7,11,20H2,(H,38,39). The average molecular weight is 511 g/mol. The number of nitrogens with one attached hydrogen (secondary N) is 1. The summed E-state index contributed by atoms with van der Waals surface area (Å²) in [5.41, 5.74) is 4.28. The fourth-order valence-corrected chi connectivity index (χ4v) is 6.00. The van der Waals surface area contributed by atoms with Gasteiger partial charge in [0, 0.05) is 12.1 Å². The Bertz CT molecular complexity index is 1890. The Hall–Kier alpha value is -4.57. The van der Waals surface area contributed by atoms with Gasteiger partial charge >= 0.3 is 0 Å². The second-order valence-electron chi connectivity index (χ2n) is 10.4. The van der Waals surface area contributed by atoms with Gasteiger partial charge < -0.3 is 5.32 Å². The van der Waals surface area contributed by atoms with E-state index in [4.69, 9.17) is 4.98 Å². The van der Waals surface area contributed by atoms with Gasteiger partial charge in [-0.3, -0.25) is 9.78 Å². The summed E-state index contributed by atoms with van der Waals surface area (Å²) in [6, 6.07) is 34.1. The molecule has 1 aliphatic carbocycles. The first-order chi connectivity index (χ1) is 19.1. The summed E-state index contributed by atoms with van der Waals surface area (Å²) >= 11 is 0. The van der Waals surface area contributed by atoms with Gasteiger partial charge in [-0.1, -0.05) is 84.9 Å². The van der Waals surface area contributed by atoms with Gasteiger partial charge in [-0.05, 0) is 80.9 Å². The van der Waals surface area contributed by atoms with E-state index in [1.54, 1.807) is 12.1 Å². The molecule has 0 fully saturated rings. The second kappa shape index (κ2) is 9.63. The van der Waals surface area contributed by atoms with E-state index in [1.165, 1.54) is 50.0 Å². The number of halogens is 1. The summed E-state index contributed by atoms with van der Waals surface area (Å²) in [6.45, 7) is 0. The summed E-state index contributed by atoms with van der Waals surface area (Å²) < 4.78 is 14.2. The van der Waals surface area contributed by atoms with Crippen molar-refractivity contribution in [3.05, 3.63) is 137 Å². The molecule has 39 heavy (non-hydrogen) atoms. The van der Waals surface area contributed by atoms with Crippen LogP contribution in [0.5, 0.6) is 0 Å². The van der Waals surface area contributed by atoms with Crippen LogP contribution in [-0.2, 0) is 12.8 Å². The highest BCUT2D eigenvalue weighted by Crippen LogP contribution is 2.33. The molecule has 1 atom stereocenters. The third kappa shape index (κ3) is 4.32. The van der Waals surface area contributed by atoms with Crippen LogP contribution in [0.3, 0.4) is 0 Å². The van der Waals surface area contributed by atoms with Crippen molar-refractivity contribution >= 4 is 38.2 Å². The minimum atomic E-state index is -0.510. The number of aryl methyl sites for hydroxylation is 1. The van der Waals surface area contributed by atoms with Crippen LogP contribution in [-0.4, -0.2) is 10.9 Å². The van der Waals surface area contributed by atoms with Gasteiger partial charge in [0.1, 0.15) is 5.82 Å². The zero-order chi connectivity index (χ0) is 26.3. The van der Waals surface area contributed by atoms with Crippen molar-refractivity contribution in [1.82, 2.24) is 10.3 Å². The minimum Gasteiger partial charge on any atom is -0.344 e. The maximum atomic E-state index is 14.2. The van der Waals surface area contributed by atoms with Crippen molar-refractivity contribution in [2.24, 2.45) is 0 Å². The number of nitrogens with zero attached hydrogens (tertiary/aromatic N) is 1. The predicted molar refractivity (Wildman–Crippen MR) is 156 cm³/mol. The molecular formula is C35H27FN2O. The fourth-order valence-electron chi connectivity index (χ4n) is 6.00. The summed E-state index contributed by atoms with van der Waals surface area (Å²) in [5, 5.41) is 10.5. The van der Waals surface area contributed by atoms with Crippen LogP contribution in [0.25, 0.3) is 32.3 Å². The zero-order valence-corrected chi connectivity index (χ0v) is 21.5. The van der Waals surface area contributed by atoms with Crippen LogP contribution < -0.4 is 5.32 Å². The number of hydrogen-bond donors (Lipinski definition) is 1. The van der Waals surface area contributed by atoms with E-state index < -0.39 is 11.7 Å². The minimum absolute atomic E-state index is 0.0666. The number of fused-ring (bicyclic) bond motifs is 6. The number of hydrogen-bond acceptors (Lipinski definition) is 2. The monoisotopic (exact) mass is 510 g/mol. The fraction of sp³-hybridized carbons (Fsp3) is 0.143. The van der Waals surface area contributed by atoms with Crippen molar-refractivity contribution in [2.45, 2.75) is 31.7 Å². The molecule has 3 nitrogen and oxygen atoms in total. The molecule has 7 rings (SSSR count). The normalized spacial score (nSPS) is 14.9. The Morgan fingerprint density at radius 2 is 1.54 bits per heavy atom. The third-order valence-corrected chi connectivity index (χ3v) is 7.96. The maximum absolute atomic E-state index is 14.2. The van der Waals surface area contributed by atoms with E-state index in [2.05, 4.69) is 84.2 Å². The maximum Gasteiger partial charge on any atom is 0.254 e. The smallest absolute Gasteiger partial charge is 0.254 e. The number of carbonyl (C=O) groups excluding carboxylic acids is 1. The number of aromatic nitrogens is 1. The highest BCUT2D eigenvalue weighted by Gasteiger charge is 2.25. The number of pyridine rings is 1. The van der Waals surface area contributed by atoms with Crippen LogP contribution in [0, 0.1) is 5.82 Å². The molecule has 1 N–H and O–H groups in total. The van der Waals surface area contributed by atoms with E-state index in [-0.39, 0.29) is 11.6 Å². The number of rotatable bonds is 4. The Morgan fingerprint density at radius 3 is 2.41 bits per heavy atom. The molecule has 0 spiro atoms. The molecule has 1 aliphatic rings. The van der Waals surface area contributed by atoms with Crippen molar-refractivity contribution in [1.29, 1.82) is 0 Å². The van der Waals surface area contributed by atoms with Crippen molar-refractivity contribution in [3.63, 3.8) is 0 Å². The van der Waals surface area contributed by atoms with Crippen LogP contribution in [0.2, 0.25) is 0 Å². The van der Waals surface area contributed by atoms with E-state index >= 15 is 0 Å². The number of benzene rings is 5. The lowest BCUT2D eigenvalue weighted by molar-refractivity contribution is 0.0927. The Balaban J connectivity index is 1.21. The summed E-state index contributed by atoms with van der Waals surface area (Å²) in [4.78, 5) is 17.9. The van der Waals surface area contributed by atoms with E-state index in [9.17, 15) is 9.18 Å². The van der Waals surface area contributed by atoms with E-state index in [0.29, 0.717) is 6.42 Å². The third-order valence-electron chi connectivity index (χ3n) is 7.96. The molecule has 190 valence electrons. The molecule has 1 amide bonds. The largest absolute Gasteiger partial charge is 0.344 e. The number of amides is 1. The van der Waals surface area contributed by atoms with Crippen molar-refractivity contribution < 1.29 is 9.18 Å². The SMILES string of the molecule is O=C(NC1CCCc2ccc(Cc3ccc4ccc5c6ccccc6ccc5c4c3)nc21)c1ccccc1F. The Kier molecular flexibility index (Phi) is 5.81. The molecule has 0 aliphatic heterocycles. The zero-order valence-electron chi connectivity index (χ0n) is 21.5. The quantitative estimate of drug-likeness (QED) is 0.244. The average Bonchev–Trinajstić information content (AvgIpc) is 2.97. The van der Waals surface area contributed by atoms with Gasteiger partial charge in [-0.2, -0.15) is 0 Å². The predicted octanol–water partition coefficient (Wildman–Crippen LogP) is 8.08. The lowest BCUT2D eigenvalue weighted by atomic mass is 9.90. The van der Waals surface area contributed by atoms with Crippen molar-refractivity contribution in [2.75, 3.05) is 0 Å². The molecular weight excluding hydrogens is 483 g/mol. The molecule has 0 radical (unpaired) electrons. The molecule has 0 bridgehead atoms. The van der Waals surface area contributed by atoms with Gasteiger partial charge in [0.25, 0.3) is 5.91 Å². The van der Waals surface area contributed by atoms with Gasteiger partial charge in [0.2, 0.25) is 0 Å². The Morgan fingerprint density at radius 1 is 0.795 bits per heavy atom. The molecule has 1 heterocycles. The van der Waals surface area contributed by atoms with E-state index in [1.807, 2.05) is 0 Å². The molecule has 1 aromatic heterocycles. The summed E-state index contributed by atoms with van der Waals surface area (Å²) in [7, 11) is 0. The number of carbonyl (C=O) groups is 1. The first-order valence-electron chi connectivity index (χ1n) is 13.5. The molecule has 6 aromatic rings. The van der Waals surface area contributed by atoms with Gasteiger partial charge in [0.05, 0.1) is 17.3 Å². The topological polar surface area (TPSA) is 42.0 Å². The van der Waals surface area contributed by atoms with Crippen molar-refractivity contribution in [3.8, 4) is 0 Å². The summed E-state index contributed by atoms with van der Waals surface area (Å²) in [6.07, 6.45) is 3.38. The lowest BCUT2D eigenvalue weighted by Gasteiger charge is -2.26. The van der Waals surface area contributed by atoms with Gasteiger partial charge in [0.15, 0.2) is 0 Å². The Labute approximate surface area is 226 Å². The molecule has 0 saturated carbocycles. The molecule has 0 saturated heterocycles. The first kappa shape index (κ1) is 23.5. The van der Waals surface area contributed by atoms with Gasteiger partial charge in [-0.25, -0.2) is 4.39 Å². The van der Waals surface area contributed by atoms with E-state index in [0.717, 1.165) is 36.2 Å². The highest BCUT2D eigenvalue weighted by molar-refractivity contribution is 6.17. The lowest BCUT2D eigenvalue weighted by Crippen LogP contribution is -2.32. The van der Waals surface area contributed by atoms with Crippen LogP contribution in [0.4, 0.5) is 4.39 Å². The summed E-state index contributed by atoms with van der Waals surface area (Å²) in [5.74, 6) is -0.906. The molecule has 5 aromatic carbocycles. The van der Waals surface area contributed by atoms with Crippen LogP contribution in [0.1, 0.15) is 51.8 Å². The van der Waals surface area contributed by atoms with Crippen LogP contribution >= 0.6 is 0 Å². The van der Waals surface area contributed by atoms with Crippen LogP contribution in [0.15, 0.2) is 103 Å². The molecule has 1 unspecified atom stereocenters. The highest BCUT2D eigenvalue weighted by atomic mass is 19.1. The van der Waals surface area contributed by atoms with Gasteiger partial charge in [-0.15, -0.1) is 0 Å².